The molecule has 0 aromatic heterocycles. The zero-order valence-corrected chi connectivity index (χ0v) is 45.5. The SMILES string of the molecule is CCCC1(Cc2cc3c(-c4cccc5ccccc45)cccc3[cH-]2)CCCCCC1.CCCC1(Cc2cc3c(-c4cccc5ccccc45)cccc3[cH-]2)CCCCCC1.Cl.Cl.[CH3-].[CH3-].[Si]=[Zr]. The molecule has 2 aliphatic rings. The Balaban J connectivity index is 0.000000263. The third-order valence-corrected chi connectivity index (χ3v) is 14.8. The maximum absolute atomic E-state index is 3.06. The van der Waals surface area contributed by atoms with Crippen molar-refractivity contribution in [2.45, 2.75) is 129 Å². The Kier molecular flexibility index (Phi) is 22.2. The van der Waals surface area contributed by atoms with Crippen molar-refractivity contribution in [3.8, 4) is 22.3 Å². The first-order valence-corrected chi connectivity index (χ1v) is 28.3. The van der Waals surface area contributed by atoms with E-state index in [2.05, 4.69) is 166 Å². The van der Waals surface area contributed by atoms with Crippen LogP contribution in [0.2, 0.25) is 0 Å². The molecule has 0 bridgehead atoms. The van der Waals surface area contributed by atoms with Crippen LogP contribution in [0, 0.1) is 25.7 Å². The summed E-state index contributed by atoms with van der Waals surface area (Å²) in [7, 11) is 0. The number of hydrogen-bond acceptors (Lipinski definition) is 0. The normalized spacial score (nSPS) is 15.2. The molecule has 8 aromatic carbocycles. The summed E-state index contributed by atoms with van der Waals surface area (Å²) in [5.41, 5.74) is 9.61. The quantitative estimate of drug-likeness (QED) is 0.0728. The summed E-state index contributed by atoms with van der Waals surface area (Å²) in [4.78, 5) is 0. The van der Waals surface area contributed by atoms with E-state index in [1.54, 1.807) is 11.1 Å². The number of benzene rings is 6. The molecular formula is C62H74Cl2SiZr-4. The van der Waals surface area contributed by atoms with Crippen LogP contribution in [0.15, 0.2) is 146 Å². The Morgan fingerprint density at radius 1 is 0.424 bits per heavy atom. The van der Waals surface area contributed by atoms with Gasteiger partial charge in [-0.2, -0.15) is 12.1 Å². The molecule has 0 amide bonds. The minimum absolute atomic E-state index is 0. The second-order valence-corrected chi connectivity index (χ2v) is 19.1. The molecular weight excluding hydrogens is 935 g/mol. The Labute approximate surface area is 428 Å². The zero-order valence-electron chi connectivity index (χ0n) is 40.4. The summed E-state index contributed by atoms with van der Waals surface area (Å²) in [6, 6.07) is 54.6. The first-order valence-electron chi connectivity index (χ1n) is 24.1. The molecule has 0 N–H and O–H groups in total. The van der Waals surface area contributed by atoms with Crippen molar-refractivity contribution in [3.05, 3.63) is 172 Å². The number of fused-ring (bicyclic) bond motifs is 4. The van der Waals surface area contributed by atoms with Gasteiger partial charge in [-0.15, -0.1) is 93.9 Å². The summed E-state index contributed by atoms with van der Waals surface area (Å²) in [5.74, 6) is 0. The molecule has 0 spiro atoms. The summed E-state index contributed by atoms with van der Waals surface area (Å²) >= 11 is 1.36. The van der Waals surface area contributed by atoms with Gasteiger partial charge in [-0.05, 0) is 94.9 Å². The monoisotopic (exact) mass is 1010 g/mol. The number of hydrogen-bond donors (Lipinski definition) is 0. The van der Waals surface area contributed by atoms with Crippen molar-refractivity contribution < 1.29 is 23.3 Å². The maximum atomic E-state index is 3.06. The summed E-state index contributed by atoms with van der Waals surface area (Å²) in [5, 5.41) is 11.0. The molecule has 0 nitrogen and oxygen atoms in total. The molecule has 348 valence electrons. The predicted molar refractivity (Wildman–Crippen MR) is 296 cm³/mol. The molecule has 66 heavy (non-hydrogen) atoms. The number of rotatable bonds is 10. The van der Waals surface area contributed by atoms with Gasteiger partial charge in [0.2, 0.25) is 0 Å². The Bertz CT molecular complexity index is 2490. The first-order chi connectivity index (χ1) is 30.6. The minimum atomic E-state index is 0. The third-order valence-electron chi connectivity index (χ3n) is 14.8. The van der Waals surface area contributed by atoms with Crippen LogP contribution in [0.1, 0.15) is 128 Å². The Morgan fingerprint density at radius 3 is 1.11 bits per heavy atom. The molecule has 10 rings (SSSR count). The van der Waals surface area contributed by atoms with E-state index < -0.39 is 0 Å². The predicted octanol–water partition coefficient (Wildman–Crippen LogP) is 19.5. The van der Waals surface area contributed by atoms with Gasteiger partial charge < -0.3 is 14.9 Å². The molecule has 2 saturated carbocycles. The second kappa shape index (κ2) is 26.5. The van der Waals surface area contributed by atoms with Crippen LogP contribution in [0.3, 0.4) is 0 Å². The van der Waals surface area contributed by atoms with E-state index in [0.717, 1.165) is 0 Å². The molecule has 2 aliphatic carbocycles. The third kappa shape index (κ3) is 12.7. The van der Waals surface area contributed by atoms with Gasteiger partial charge in [0.25, 0.3) is 0 Å². The van der Waals surface area contributed by atoms with E-state index >= 15 is 0 Å². The van der Waals surface area contributed by atoms with Gasteiger partial charge >= 0.3 is 30.2 Å². The Hall–Kier alpha value is -3.26. The van der Waals surface area contributed by atoms with Crippen LogP contribution >= 0.6 is 24.8 Å². The molecule has 0 heterocycles. The van der Waals surface area contributed by atoms with Crippen LogP contribution in [0.5, 0.6) is 0 Å². The molecule has 0 saturated heterocycles. The van der Waals surface area contributed by atoms with Crippen LogP contribution in [0.4, 0.5) is 0 Å². The summed E-state index contributed by atoms with van der Waals surface area (Å²) < 4.78 is 0. The second-order valence-electron chi connectivity index (χ2n) is 19.1. The van der Waals surface area contributed by atoms with Crippen LogP contribution in [-0.4, -0.2) is 6.88 Å². The van der Waals surface area contributed by atoms with E-state index in [4.69, 9.17) is 0 Å². The van der Waals surface area contributed by atoms with Gasteiger partial charge in [0.05, 0.1) is 0 Å². The summed E-state index contributed by atoms with van der Waals surface area (Å²) in [6.45, 7) is 7.80. The van der Waals surface area contributed by atoms with Gasteiger partial charge in [0.1, 0.15) is 0 Å². The first kappa shape index (κ1) is 55.3. The molecule has 0 atom stereocenters. The van der Waals surface area contributed by atoms with Crippen molar-refractivity contribution in [2.24, 2.45) is 10.8 Å². The van der Waals surface area contributed by atoms with Crippen molar-refractivity contribution in [1.29, 1.82) is 0 Å². The fourth-order valence-electron chi connectivity index (χ4n) is 12.1. The van der Waals surface area contributed by atoms with Crippen LogP contribution in [-0.2, 0) is 36.2 Å². The zero-order chi connectivity index (χ0) is 42.8. The molecule has 8 aromatic rings. The van der Waals surface area contributed by atoms with Crippen molar-refractivity contribution in [3.63, 3.8) is 0 Å². The number of halogens is 2. The molecule has 2 radical (unpaired) electrons. The van der Waals surface area contributed by atoms with E-state index in [0.29, 0.717) is 10.8 Å². The standard InChI is InChI=1S/2C30H33.2CH3.2ClH.Si.Zr/c2*1-2-17-30(18-7-3-4-8-19-30)22-23-20-25-13-10-16-28(29(25)21-23)27-15-9-12-24-11-5-6-14-26(24)27;;;;;;/h2*5-6,9-16,20-21H,2-4,7-8,17-19,22H2,1H3;2*1H3;2*1H;;/q4*-1;;;;. The van der Waals surface area contributed by atoms with E-state index in [-0.39, 0.29) is 39.7 Å². The van der Waals surface area contributed by atoms with Crippen molar-refractivity contribution in [2.75, 3.05) is 0 Å². The topological polar surface area (TPSA) is 0 Å². The Morgan fingerprint density at radius 2 is 0.742 bits per heavy atom. The van der Waals surface area contributed by atoms with E-state index in [9.17, 15) is 0 Å². The van der Waals surface area contributed by atoms with Crippen molar-refractivity contribution >= 4 is 74.8 Å². The fourth-order valence-corrected chi connectivity index (χ4v) is 12.1. The van der Waals surface area contributed by atoms with Crippen LogP contribution < -0.4 is 0 Å². The van der Waals surface area contributed by atoms with E-state index in [1.807, 2.05) is 0 Å². The van der Waals surface area contributed by atoms with Gasteiger partial charge in [-0.1, -0.05) is 186 Å². The summed E-state index contributed by atoms with van der Waals surface area (Å²) in [6.07, 6.45) is 24.9. The molecule has 0 unspecified atom stereocenters. The van der Waals surface area contributed by atoms with Gasteiger partial charge in [0.15, 0.2) is 0 Å². The molecule has 4 heteroatoms. The van der Waals surface area contributed by atoms with Crippen molar-refractivity contribution in [1.82, 2.24) is 0 Å². The van der Waals surface area contributed by atoms with E-state index in [1.165, 1.54) is 204 Å². The average molecular weight is 1010 g/mol. The van der Waals surface area contributed by atoms with Gasteiger partial charge in [-0.25, -0.2) is 0 Å². The average Bonchev–Trinajstić information content (AvgIpc) is 3.74. The van der Waals surface area contributed by atoms with Crippen LogP contribution in [0.25, 0.3) is 65.3 Å². The molecule has 2 fully saturated rings. The molecule has 0 aliphatic heterocycles. The fraction of sp³-hybridized carbons (Fsp3) is 0.355. The van der Waals surface area contributed by atoms with Gasteiger partial charge in [0, 0.05) is 0 Å². The van der Waals surface area contributed by atoms with Gasteiger partial charge in [-0.3, -0.25) is 0 Å².